The largest absolute Gasteiger partial charge is 0.465 e. The van der Waals surface area contributed by atoms with Gasteiger partial charge in [0.05, 0.1) is 34.4 Å². The second-order valence-electron chi connectivity index (χ2n) is 5.91. The van der Waals surface area contributed by atoms with Crippen LogP contribution in [0.2, 0.25) is 0 Å². The molecule has 0 unspecified atom stereocenters. The number of carbonyl (C=O) groups is 1. The summed E-state index contributed by atoms with van der Waals surface area (Å²) in [6, 6.07) is 9.47. The van der Waals surface area contributed by atoms with E-state index < -0.39 is 22.6 Å². The molecule has 0 aliphatic carbocycles. The molecule has 0 aliphatic rings. The number of benzene rings is 2. The Balaban J connectivity index is 2.00. The second-order valence-corrected chi connectivity index (χ2v) is 5.91. The van der Waals surface area contributed by atoms with Gasteiger partial charge in [0.1, 0.15) is 0 Å². The van der Waals surface area contributed by atoms with Gasteiger partial charge in [0.15, 0.2) is 0 Å². The lowest BCUT2D eigenvalue weighted by Gasteiger charge is -2.11. The highest BCUT2D eigenvalue weighted by molar-refractivity contribution is 5.99. The van der Waals surface area contributed by atoms with E-state index in [4.69, 9.17) is 0 Å². The van der Waals surface area contributed by atoms with Crippen molar-refractivity contribution < 1.29 is 27.6 Å². The minimum atomic E-state index is -4.47. The number of anilines is 2. The van der Waals surface area contributed by atoms with Crippen LogP contribution < -0.4 is 5.32 Å². The lowest BCUT2D eigenvalue weighted by atomic mass is 10.0. The summed E-state index contributed by atoms with van der Waals surface area (Å²) in [7, 11) is 1.14. The maximum absolute atomic E-state index is 12.7. The zero-order chi connectivity index (χ0) is 21.9. The predicted molar refractivity (Wildman–Crippen MR) is 100 cm³/mol. The molecule has 0 radical (unpaired) electrons. The number of nitro groups is 1. The van der Waals surface area contributed by atoms with Gasteiger partial charge in [0.25, 0.3) is 5.69 Å². The molecule has 0 saturated carbocycles. The average Bonchev–Trinajstić information content (AvgIpc) is 2.72. The monoisotopic (exact) mass is 418 g/mol. The van der Waals surface area contributed by atoms with Crippen LogP contribution in [0, 0.1) is 10.1 Å². The molecule has 0 fully saturated rings. The van der Waals surface area contributed by atoms with Gasteiger partial charge in [0.2, 0.25) is 5.95 Å². The number of hydrogen-bond donors (Lipinski definition) is 1. The number of halogens is 3. The number of alkyl halides is 3. The Morgan fingerprint density at radius 1 is 1.13 bits per heavy atom. The van der Waals surface area contributed by atoms with Crippen LogP contribution in [-0.4, -0.2) is 28.0 Å². The summed E-state index contributed by atoms with van der Waals surface area (Å²) in [5, 5.41) is 14.2. The molecule has 1 aromatic heterocycles. The van der Waals surface area contributed by atoms with Crippen molar-refractivity contribution in [3.05, 3.63) is 76.0 Å². The molecule has 11 heteroatoms. The predicted octanol–water partition coefficient (Wildman–Crippen LogP) is 4.60. The van der Waals surface area contributed by atoms with Gasteiger partial charge in [-0.1, -0.05) is 6.07 Å². The third-order valence-corrected chi connectivity index (χ3v) is 4.02. The van der Waals surface area contributed by atoms with Crippen molar-refractivity contribution in [2.75, 3.05) is 12.4 Å². The van der Waals surface area contributed by atoms with E-state index in [-0.39, 0.29) is 34.1 Å². The van der Waals surface area contributed by atoms with Gasteiger partial charge in [-0.25, -0.2) is 14.8 Å². The Labute approximate surface area is 167 Å². The van der Waals surface area contributed by atoms with E-state index in [9.17, 15) is 28.1 Å². The van der Waals surface area contributed by atoms with Crippen molar-refractivity contribution in [2.24, 2.45) is 0 Å². The first-order valence-electron chi connectivity index (χ1n) is 8.34. The van der Waals surface area contributed by atoms with Gasteiger partial charge in [-0.2, -0.15) is 13.2 Å². The number of nitro benzene ring substituents is 1. The smallest absolute Gasteiger partial charge is 0.416 e. The fraction of sp³-hybridized carbons (Fsp3) is 0.105. The van der Waals surface area contributed by atoms with E-state index in [0.717, 1.165) is 19.2 Å². The standard InChI is InChI=1S/C19H13F3N4O4/c1-30-17(27)13-3-2-4-15(26(28)29)16(13)14-9-10-23-18(25-14)24-12-7-5-11(6-8-12)19(20,21)22/h2-10H,1H3,(H,23,24,25). The van der Waals surface area contributed by atoms with Gasteiger partial charge in [-0.3, -0.25) is 10.1 Å². The van der Waals surface area contributed by atoms with E-state index in [1.807, 2.05) is 0 Å². The molecule has 0 aliphatic heterocycles. The number of methoxy groups -OCH3 is 1. The third-order valence-electron chi connectivity index (χ3n) is 4.02. The molecule has 3 aromatic rings. The Morgan fingerprint density at radius 3 is 2.43 bits per heavy atom. The Morgan fingerprint density at radius 2 is 1.83 bits per heavy atom. The molecule has 0 saturated heterocycles. The number of aromatic nitrogens is 2. The SMILES string of the molecule is COC(=O)c1cccc([N+](=O)[O-])c1-c1ccnc(Nc2ccc(C(F)(F)F)cc2)n1. The van der Waals surface area contributed by atoms with Crippen LogP contribution in [-0.2, 0) is 10.9 Å². The summed E-state index contributed by atoms with van der Waals surface area (Å²) < 4.78 is 42.7. The molecule has 154 valence electrons. The maximum Gasteiger partial charge on any atom is 0.416 e. The van der Waals surface area contributed by atoms with Gasteiger partial charge < -0.3 is 10.1 Å². The van der Waals surface area contributed by atoms with Crippen LogP contribution in [0.5, 0.6) is 0 Å². The normalized spacial score (nSPS) is 11.1. The number of nitrogens with one attached hydrogen (secondary N) is 1. The molecular formula is C19H13F3N4O4. The zero-order valence-electron chi connectivity index (χ0n) is 15.3. The average molecular weight is 418 g/mol. The summed E-state index contributed by atoms with van der Waals surface area (Å²) in [6.07, 6.45) is -3.17. The molecule has 3 rings (SSSR count). The minimum absolute atomic E-state index is 0.0266. The fourth-order valence-corrected chi connectivity index (χ4v) is 2.67. The Bertz CT molecular complexity index is 1100. The van der Waals surface area contributed by atoms with Crippen LogP contribution in [0.4, 0.5) is 30.5 Å². The highest BCUT2D eigenvalue weighted by Crippen LogP contribution is 2.33. The minimum Gasteiger partial charge on any atom is -0.465 e. The first-order chi connectivity index (χ1) is 14.2. The number of esters is 1. The molecule has 30 heavy (non-hydrogen) atoms. The molecule has 8 nitrogen and oxygen atoms in total. The second kappa shape index (κ2) is 8.15. The number of rotatable bonds is 5. The quantitative estimate of drug-likeness (QED) is 0.366. The van der Waals surface area contributed by atoms with Crippen LogP contribution >= 0.6 is 0 Å². The Hall–Kier alpha value is -4.02. The van der Waals surface area contributed by atoms with Crippen LogP contribution in [0.1, 0.15) is 15.9 Å². The van der Waals surface area contributed by atoms with Gasteiger partial charge in [-0.15, -0.1) is 0 Å². The third kappa shape index (κ3) is 4.35. The first-order valence-corrected chi connectivity index (χ1v) is 8.34. The fourth-order valence-electron chi connectivity index (χ4n) is 2.67. The molecule has 0 atom stereocenters. The summed E-state index contributed by atoms with van der Waals surface area (Å²) in [5.41, 5.74) is -0.969. The molecular weight excluding hydrogens is 405 g/mol. The molecule has 0 spiro atoms. The van der Waals surface area contributed by atoms with E-state index in [1.54, 1.807) is 0 Å². The van der Waals surface area contributed by atoms with Crippen molar-refractivity contribution in [3.63, 3.8) is 0 Å². The molecule has 0 bridgehead atoms. The van der Waals surface area contributed by atoms with Crippen LogP contribution in [0.25, 0.3) is 11.3 Å². The van der Waals surface area contributed by atoms with Crippen molar-refractivity contribution in [3.8, 4) is 11.3 Å². The number of carbonyl (C=O) groups excluding carboxylic acids is 1. The van der Waals surface area contributed by atoms with E-state index in [1.165, 1.54) is 42.6 Å². The van der Waals surface area contributed by atoms with E-state index in [0.29, 0.717) is 0 Å². The first kappa shape index (κ1) is 20.7. The van der Waals surface area contributed by atoms with Crippen LogP contribution in [0.3, 0.4) is 0 Å². The summed E-state index contributed by atoms with van der Waals surface area (Å²) in [4.78, 5) is 31.0. The number of ether oxygens (including phenoxy) is 1. The van der Waals surface area contributed by atoms with E-state index in [2.05, 4.69) is 20.0 Å². The van der Waals surface area contributed by atoms with Gasteiger partial charge in [-0.05, 0) is 36.4 Å². The molecule has 1 N–H and O–H groups in total. The number of hydrogen-bond acceptors (Lipinski definition) is 7. The summed E-state index contributed by atoms with van der Waals surface area (Å²) in [6.45, 7) is 0. The lowest BCUT2D eigenvalue weighted by Crippen LogP contribution is -2.07. The highest BCUT2D eigenvalue weighted by Gasteiger charge is 2.30. The van der Waals surface area contributed by atoms with Crippen molar-refractivity contribution in [1.82, 2.24) is 9.97 Å². The zero-order valence-corrected chi connectivity index (χ0v) is 15.3. The van der Waals surface area contributed by atoms with E-state index >= 15 is 0 Å². The topological polar surface area (TPSA) is 107 Å². The number of nitrogens with zero attached hydrogens (tertiary/aromatic N) is 3. The summed E-state index contributed by atoms with van der Waals surface area (Å²) >= 11 is 0. The highest BCUT2D eigenvalue weighted by atomic mass is 19.4. The van der Waals surface area contributed by atoms with Gasteiger partial charge in [0, 0.05) is 18.0 Å². The molecule has 2 aromatic carbocycles. The maximum atomic E-state index is 12.7. The van der Waals surface area contributed by atoms with Crippen LogP contribution in [0.15, 0.2) is 54.7 Å². The summed E-state index contributed by atoms with van der Waals surface area (Å²) in [5.74, 6) is -0.814. The Kier molecular flexibility index (Phi) is 5.63. The molecule has 1 heterocycles. The van der Waals surface area contributed by atoms with Crippen molar-refractivity contribution in [2.45, 2.75) is 6.18 Å². The van der Waals surface area contributed by atoms with Crippen molar-refractivity contribution >= 4 is 23.3 Å². The molecule has 0 amide bonds. The van der Waals surface area contributed by atoms with Crippen molar-refractivity contribution in [1.29, 1.82) is 0 Å². The lowest BCUT2D eigenvalue weighted by molar-refractivity contribution is -0.384. The van der Waals surface area contributed by atoms with Gasteiger partial charge >= 0.3 is 12.1 Å².